The zero-order valence-electron chi connectivity index (χ0n) is 7.20. The number of sulfonamides is 1. The third-order valence-electron chi connectivity index (χ3n) is 1.06. The second-order valence-electron chi connectivity index (χ2n) is 2.22. The molecule has 0 aromatic rings. The van der Waals surface area contributed by atoms with Crippen LogP contribution >= 0.6 is 0 Å². The largest absolute Gasteiger partial charge is 0.480 e. The van der Waals surface area contributed by atoms with Gasteiger partial charge in [-0.25, -0.2) is 13.1 Å². The highest BCUT2D eigenvalue weighted by Crippen LogP contribution is 1.84. The van der Waals surface area contributed by atoms with Crippen molar-refractivity contribution >= 4 is 16.0 Å². The van der Waals surface area contributed by atoms with Crippen molar-refractivity contribution in [3.63, 3.8) is 0 Å². The van der Waals surface area contributed by atoms with E-state index in [9.17, 15) is 13.2 Å². The minimum Gasteiger partial charge on any atom is -0.480 e. The lowest BCUT2D eigenvalue weighted by Crippen LogP contribution is -2.30. The van der Waals surface area contributed by atoms with Gasteiger partial charge in [0.2, 0.25) is 10.0 Å². The lowest BCUT2D eigenvalue weighted by Gasteiger charge is -2.00. The van der Waals surface area contributed by atoms with Crippen LogP contribution in [0.2, 0.25) is 0 Å². The van der Waals surface area contributed by atoms with Gasteiger partial charge in [-0.15, -0.1) is 11.8 Å². The van der Waals surface area contributed by atoms with Gasteiger partial charge in [0.25, 0.3) is 0 Å². The third kappa shape index (κ3) is 7.31. The van der Waals surface area contributed by atoms with Gasteiger partial charge in [-0.05, 0) is 6.92 Å². The highest BCUT2D eigenvalue weighted by molar-refractivity contribution is 7.90. The Bertz CT molecular complexity index is 322. The molecule has 74 valence electrons. The maximum atomic E-state index is 10.9. The third-order valence-corrected chi connectivity index (χ3v) is 2.33. The van der Waals surface area contributed by atoms with E-state index >= 15 is 0 Å². The van der Waals surface area contributed by atoms with E-state index < -0.39 is 21.7 Å². The van der Waals surface area contributed by atoms with Crippen LogP contribution in [-0.2, 0) is 14.8 Å². The molecule has 0 aliphatic carbocycles. The molecule has 0 aromatic carbocycles. The zero-order valence-corrected chi connectivity index (χ0v) is 8.02. The average Bonchev–Trinajstić information content (AvgIpc) is 1.95. The van der Waals surface area contributed by atoms with Crippen LogP contribution in [-0.4, -0.2) is 31.8 Å². The average molecular weight is 205 g/mol. The fourth-order valence-electron chi connectivity index (χ4n) is 0.608. The molecule has 2 N–H and O–H groups in total. The molecule has 0 saturated heterocycles. The lowest BCUT2D eigenvalue weighted by atomic mass is 10.4. The number of aliphatic carboxylic acids is 1. The van der Waals surface area contributed by atoms with Crippen LogP contribution < -0.4 is 4.72 Å². The molecule has 0 aliphatic rings. The van der Waals surface area contributed by atoms with Gasteiger partial charge >= 0.3 is 5.97 Å². The first-order valence-electron chi connectivity index (χ1n) is 3.56. The maximum absolute atomic E-state index is 10.9. The van der Waals surface area contributed by atoms with E-state index in [0.29, 0.717) is 6.42 Å². The summed E-state index contributed by atoms with van der Waals surface area (Å²) in [4.78, 5) is 10.1. The molecule has 0 unspecified atom stereocenters. The molecular formula is C7H11NO4S. The molecule has 0 radical (unpaired) electrons. The molecule has 0 bridgehead atoms. The molecule has 0 amide bonds. The first-order valence-corrected chi connectivity index (χ1v) is 5.22. The van der Waals surface area contributed by atoms with Crippen LogP contribution in [0.15, 0.2) is 0 Å². The van der Waals surface area contributed by atoms with Gasteiger partial charge in [-0.1, -0.05) is 0 Å². The SMILES string of the molecule is CC#CCCNS(=O)(=O)CC(=O)O. The molecule has 5 nitrogen and oxygen atoms in total. The fraction of sp³-hybridized carbons (Fsp3) is 0.571. The molecule has 0 heterocycles. The van der Waals surface area contributed by atoms with E-state index in [0.717, 1.165) is 0 Å². The van der Waals surface area contributed by atoms with Gasteiger partial charge < -0.3 is 5.11 Å². The smallest absolute Gasteiger partial charge is 0.320 e. The summed E-state index contributed by atoms with van der Waals surface area (Å²) in [6.45, 7) is 1.79. The number of hydrogen-bond acceptors (Lipinski definition) is 3. The van der Waals surface area contributed by atoms with Gasteiger partial charge in [0.05, 0.1) is 0 Å². The summed E-state index contributed by atoms with van der Waals surface area (Å²) >= 11 is 0. The summed E-state index contributed by atoms with van der Waals surface area (Å²) in [5, 5.41) is 8.20. The number of nitrogens with one attached hydrogen (secondary N) is 1. The van der Waals surface area contributed by atoms with Gasteiger partial charge in [-0.3, -0.25) is 4.79 Å². The van der Waals surface area contributed by atoms with Crippen molar-refractivity contribution in [3.8, 4) is 11.8 Å². The van der Waals surface area contributed by atoms with Crippen molar-refractivity contribution in [1.29, 1.82) is 0 Å². The summed E-state index contributed by atoms with van der Waals surface area (Å²) in [5.41, 5.74) is 0. The van der Waals surface area contributed by atoms with Crippen molar-refractivity contribution in [3.05, 3.63) is 0 Å². The lowest BCUT2D eigenvalue weighted by molar-refractivity contribution is -0.134. The van der Waals surface area contributed by atoms with Crippen molar-refractivity contribution in [2.75, 3.05) is 12.3 Å². The maximum Gasteiger partial charge on any atom is 0.320 e. The monoisotopic (exact) mass is 205 g/mol. The Morgan fingerprint density at radius 1 is 1.54 bits per heavy atom. The molecule has 0 spiro atoms. The summed E-state index contributed by atoms with van der Waals surface area (Å²) in [6.07, 6.45) is 0.384. The van der Waals surface area contributed by atoms with Crippen molar-refractivity contribution in [2.45, 2.75) is 13.3 Å². The summed E-state index contributed by atoms with van der Waals surface area (Å²) in [7, 11) is -3.68. The minimum atomic E-state index is -3.68. The number of rotatable bonds is 5. The molecule has 0 fully saturated rings. The summed E-state index contributed by atoms with van der Waals surface area (Å²) in [6, 6.07) is 0. The van der Waals surface area contributed by atoms with Crippen LogP contribution in [0.25, 0.3) is 0 Å². The van der Waals surface area contributed by atoms with E-state index in [-0.39, 0.29) is 6.54 Å². The van der Waals surface area contributed by atoms with E-state index in [2.05, 4.69) is 16.6 Å². The Hall–Kier alpha value is -1.06. The molecule has 0 atom stereocenters. The topological polar surface area (TPSA) is 83.5 Å². The predicted molar refractivity (Wildman–Crippen MR) is 47.5 cm³/mol. The van der Waals surface area contributed by atoms with E-state index in [1.54, 1.807) is 6.92 Å². The molecular weight excluding hydrogens is 194 g/mol. The number of carbonyl (C=O) groups is 1. The van der Waals surface area contributed by atoms with Crippen LogP contribution in [0.1, 0.15) is 13.3 Å². The van der Waals surface area contributed by atoms with Crippen molar-refractivity contribution < 1.29 is 18.3 Å². The molecule has 0 rings (SSSR count). The molecule has 0 aliphatic heterocycles. The number of hydrogen-bond donors (Lipinski definition) is 2. The zero-order chi connectivity index (χ0) is 10.3. The first kappa shape index (κ1) is 11.9. The normalized spacial score (nSPS) is 10.2. The van der Waals surface area contributed by atoms with Gasteiger partial charge in [0.15, 0.2) is 5.75 Å². The van der Waals surface area contributed by atoms with Crippen LogP contribution in [0.4, 0.5) is 0 Å². The van der Waals surface area contributed by atoms with Gasteiger partial charge in [-0.2, -0.15) is 0 Å². The second-order valence-corrected chi connectivity index (χ2v) is 4.03. The Balaban J connectivity index is 3.88. The van der Waals surface area contributed by atoms with Crippen molar-refractivity contribution in [1.82, 2.24) is 4.72 Å². The van der Waals surface area contributed by atoms with E-state index in [1.165, 1.54) is 0 Å². The highest BCUT2D eigenvalue weighted by atomic mass is 32.2. The number of carboxylic acids is 1. The Labute approximate surface area is 77.2 Å². The standard InChI is InChI=1S/C7H11NO4S/c1-2-3-4-5-8-13(11,12)6-7(9)10/h8H,4-6H2,1H3,(H,9,10). The first-order chi connectivity index (χ1) is 5.98. The van der Waals surface area contributed by atoms with Crippen molar-refractivity contribution in [2.24, 2.45) is 0 Å². The van der Waals surface area contributed by atoms with Crippen LogP contribution in [0.5, 0.6) is 0 Å². The Morgan fingerprint density at radius 3 is 2.62 bits per heavy atom. The number of carboxylic acid groups (broad SMARTS) is 1. The molecule has 6 heteroatoms. The van der Waals surface area contributed by atoms with Gasteiger partial charge in [0, 0.05) is 13.0 Å². The molecule has 0 aromatic heterocycles. The Kier molecular flexibility index (Phi) is 5.11. The second kappa shape index (κ2) is 5.56. The summed E-state index contributed by atoms with van der Waals surface area (Å²) in [5.74, 6) is 2.98. The van der Waals surface area contributed by atoms with E-state index in [1.807, 2.05) is 0 Å². The molecule has 13 heavy (non-hydrogen) atoms. The van der Waals surface area contributed by atoms with Gasteiger partial charge in [0.1, 0.15) is 0 Å². The van der Waals surface area contributed by atoms with Crippen LogP contribution in [0, 0.1) is 11.8 Å². The molecule has 0 saturated carbocycles. The quantitative estimate of drug-likeness (QED) is 0.464. The minimum absolute atomic E-state index is 0.149. The Morgan fingerprint density at radius 2 is 2.15 bits per heavy atom. The fourth-order valence-corrected chi connectivity index (χ4v) is 1.45. The summed E-state index contributed by atoms with van der Waals surface area (Å²) < 4.78 is 23.8. The predicted octanol–water partition coefficient (Wildman–Crippen LogP) is -0.596. The van der Waals surface area contributed by atoms with E-state index in [4.69, 9.17) is 5.11 Å². The highest BCUT2D eigenvalue weighted by Gasteiger charge is 2.13. The van der Waals surface area contributed by atoms with Crippen LogP contribution in [0.3, 0.4) is 0 Å².